The molecule has 2 aromatic rings. The van der Waals surface area contributed by atoms with Gasteiger partial charge in [-0.3, -0.25) is 25.2 Å². The largest absolute Gasteiger partial charge is 0.483 e. The average molecular weight is 361 g/mol. The van der Waals surface area contributed by atoms with Crippen molar-refractivity contribution in [2.75, 3.05) is 13.2 Å². The number of nitrogens with two attached hydrogens (primary N) is 1. The van der Waals surface area contributed by atoms with Crippen LogP contribution in [0, 0.1) is 5.82 Å². The van der Waals surface area contributed by atoms with E-state index in [1.165, 1.54) is 30.3 Å². The molecule has 0 fully saturated rings. The highest BCUT2D eigenvalue weighted by Crippen LogP contribution is 2.17. The second-order valence-corrected chi connectivity index (χ2v) is 4.96. The van der Waals surface area contributed by atoms with Crippen molar-refractivity contribution in [3.05, 3.63) is 59.9 Å². The molecule has 0 unspecified atom stereocenters. The van der Waals surface area contributed by atoms with Crippen molar-refractivity contribution < 1.29 is 28.2 Å². The molecule has 136 valence electrons. The minimum atomic E-state index is -0.695. The summed E-state index contributed by atoms with van der Waals surface area (Å²) in [6.45, 7) is -0.953. The van der Waals surface area contributed by atoms with Gasteiger partial charge in [0.25, 0.3) is 17.7 Å². The number of hydrogen-bond acceptors (Lipinski definition) is 5. The maximum absolute atomic E-state index is 13.3. The van der Waals surface area contributed by atoms with Crippen LogP contribution in [0.15, 0.2) is 48.5 Å². The molecule has 0 radical (unpaired) electrons. The number of halogens is 1. The molecule has 2 aromatic carbocycles. The van der Waals surface area contributed by atoms with Gasteiger partial charge in [-0.25, -0.2) is 4.39 Å². The summed E-state index contributed by atoms with van der Waals surface area (Å²) in [5, 5.41) is 0. The van der Waals surface area contributed by atoms with Crippen LogP contribution in [0.4, 0.5) is 4.39 Å². The van der Waals surface area contributed by atoms with Crippen molar-refractivity contribution in [1.29, 1.82) is 0 Å². The van der Waals surface area contributed by atoms with Gasteiger partial charge in [0.15, 0.2) is 24.8 Å². The van der Waals surface area contributed by atoms with Crippen LogP contribution in [0.1, 0.15) is 10.4 Å². The predicted octanol–water partition coefficient (Wildman–Crippen LogP) is 0.530. The summed E-state index contributed by atoms with van der Waals surface area (Å²) in [6, 6.07) is 11.7. The lowest BCUT2D eigenvalue weighted by molar-refractivity contribution is -0.131. The monoisotopic (exact) mass is 361 g/mol. The molecule has 0 saturated carbocycles. The first kappa shape index (κ1) is 18.7. The van der Waals surface area contributed by atoms with E-state index >= 15 is 0 Å². The normalized spacial score (nSPS) is 9.88. The number of primary amides is 1. The Bertz CT molecular complexity index is 812. The third-order valence-corrected chi connectivity index (χ3v) is 3.05. The van der Waals surface area contributed by atoms with E-state index < -0.39 is 36.8 Å². The first-order valence-electron chi connectivity index (χ1n) is 7.44. The van der Waals surface area contributed by atoms with Crippen LogP contribution >= 0.6 is 0 Å². The lowest BCUT2D eigenvalue weighted by Crippen LogP contribution is -2.45. The lowest BCUT2D eigenvalue weighted by Gasteiger charge is -2.11. The molecule has 0 aromatic heterocycles. The van der Waals surface area contributed by atoms with Gasteiger partial charge >= 0.3 is 0 Å². The number of hydrogen-bond donors (Lipinski definition) is 3. The van der Waals surface area contributed by atoms with Crippen LogP contribution < -0.4 is 26.1 Å². The molecule has 0 saturated heterocycles. The molecule has 26 heavy (non-hydrogen) atoms. The van der Waals surface area contributed by atoms with Gasteiger partial charge in [-0.05, 0) is 24.3 Å². The number of carbonyl (C=O) groups is 3. The molecule has 0 aliphatic heterocycles. The number of rotatable bonds is 7. The summed E-state index contributed by atoms with van der Waals surface area (Å²) >= 11 is 0. The number of carbonyl (C=O) groups excluding carboxylic acids is 3. The van der Waals surface area contributed by atoms with E-state index in [4.69, 9.17) is 15.2 Å². The zero-order valence-corrected chi connectivity index (χ0v) is 13.5. The highest BCUT2D eigenvalue weighted by atomic mass is 19.1. The summed E-state index contributed by atoms with van der Waals surface area (Å²) in [4.78, 5) is 34.5. The maximum atomic E-state index is 13.3. The fraction of sp³-hybridized carbons (Fsp3) is 0.118. The topological polar surface area (TPSA) is 120 Å². The Morgan fingerprint density at radius 3 is 1.92 bits per heavy atom. The summed E-state index contributed by atoms with van der Waals surface area (Å²) < 4.78 is 23.5. The van der Waals surface area contributed by atoms with Crippen LogP contribution in [0.25, 0.3) is 0 Å². The van der Waals surface area contributed by atoms with E-state index in [1.807, 2.05) is 0 Å². The minimum Gasteiger partial charge on any atom is -0.483 e. The fourth-order valence-corrected chi connectivity index (χ4v) is 1.86. The Morgan fingerprint density at radius 1 is 0.846 bits per heavy atom. The third-order valence-electron chi connectivity index (χ3n) is 3.05. The zero-order valence-electron chi connectivity index (χ0n) is 13.5. The lowest BCUT2D eigenvalue weighted by atomic mass is 10.2. The maximum Gasteiger partial charge on any atom is 0.276 e. The molecule has 8 nitrogen and oxygen atoms in total. The number of amides is 3. The van der Waals surface area contributed by atoms with E-state index in [2.05, 4.69) is 10.9 Å². The second kappa shape index (κ2) is 9.02. The Kier molecular flexibility index (Phi) is 6.49. The molecule has 9 heteroatoms. The summed E-state index contributed by atoms with van der Waals surface area (Å²) in [7, 11) is 0. The van der Waals surface area contributed by atoms with Crippen molar-refractivity contribution >= 4 is 17.7 Å². The van der Waals surface area contributed by atoms with E-state index in [0.29, 0.717) is 0 Å². The van der Waals surface area contributed by atoms with E-state index in [9.17, 15) is 18.8 Å². The molecule has 2 rings (SSSR count). The molecule has 0 bridgehead atoms. The van der Waals surface area contributed by atoms with Gasteiger partial charge in [-0.15, -0.1) is 0 Å². The quantitative estimate of drug-likeness (QED) is 0.622. The highest BCUT2D eigenvalue weighted by molar-refractivity contribution is 5.95. The molecule has 4 N–H and O–H groups in total. The van der Waals surface area contributed by atoms with Crippen LogP contribution in [-0.2, 0) is 9.59 Å². The van der Waals surface area contributed by atoms with Crippen LogP contribution in [0.3, 0.4) is 0 Å². The molecule has 0 aliphatic rings. The standard InChI is InChI=1S/C17H16FN3O5/c18-12-6-2-4-8-14(12)26-10-16(23)21-20-15(22)9-25-13-7-3-1-5-11(13)17(19)24/h1-8H,9-10H2,(H2,19,24)(H,20,22)(H,21,23). The smallest absolute Gasteiger partial charge is 0.276 e. The van der Waals surface area contributed by atoms with Gasteiger partial charge in [0.1, 0.15) is 5.75 Å². The van der Waals surface area contributed by atoms with Gasteiger partial charge in [0.2, 0.25) is 0 Å². The SMILES string of the molecule is NC(=O)c1ccccc1OCC(=O)NNC(=O)COc1ccccc1F. The van der Waals surface area contributed by atoms with Gasteiger partial charge in [-0.2, -0.15) is 0 Å². The van der Waals surface area contributed by atoms with Crippen LogP contribution in [0.2, 0.25) is 0 Å². The van der Waals surface area contributed by atoms with Crippen molar-refractivity contribution in [2.24, 2.45) is 5.73 Å². The highest BCUT2D eigenvalue weighted by Gasteiger charge is 2.11. The molecule has 3 amide bonds. The van der Waals surface area contributed by atoms with Crippen molar-refractivity contribution in [3.63, 3.8) is 0 Å². The van der Waals surface area contributed by atoms with Gasteiger partial charge in [-0.1, -0.05) is 24.3 Å². The minimum absolute atomic E-state index is 0.0830. The van der Waals surface area contributed by atoms with Crippen molar-refractivity contribution in [3.8, 4) is 11.5 Å². The number of benzene rings is 2. The molecular formula is C17H16FN3O5. The fourth-order valence-electron chi connectivity index (χ4n) is 1.86. The number of nitrogens with one attached hydrogen (secondary N) is 2. The van der Waals surface area contributed by atoms with Crippen LogP contribution in [-0.4, -0.2) is 30.9 Å². The van der Waals surface area contributed by atoms with Crippen LogP contribution in [0.5, 0.6) is 11.5 Å². The Morgan fingerprint density at radius 2 is 1.35 bits per heavy atom. The molecular weight excluding hydrogens is 345 g/mol. The molecule has 0 atom stereocenters. The first-order chi connectivity index (χ1) is 12.5. The summed E-state index contributed by atoms with van der Waals surface area (Å²) in [5.41, 5.74) is 9.51. The summed E-state index contributed by atoms with van der Waals surface area (Å²) in [5.74, 6) is -2.61. The van der Waals surface area contributed by atoms with E-state index in [1.54, 1.807) is 18.2 Å². The average Bonchev–Trinajstić information content (AvgIpc) is 2.64. The van der Waals surface area contributed by atoms with E-state index in [-0.39, 0.29) is 17.1 Å². The third kappa shape index (κ3) is 5.48. The van der Waals surface area contributed by atoms with E-state index in [0.717, 1.165) is 0 Å². The Balaban J connectivity index is 1.74. The van der Waals surface area contributed by atoms with Crippen molar-refractivity contribution in [1.82, 2.24) is 10.9 Å². The number of hydrazine groups is 1. The van der Waals surface area contributed by atoms with Gasteiger partial charge < -0.3 is 15.2 Å². The van der Waals surface area contributed by atoms with Gasteiger partial charge in [0, 0.05) is 0 Å². The Labute approximate surface area is 148 Å². The summed E-state index contributed by atoms with van der Waals surface area (Å²) in [6.07, 6.45) is 0. The number of ether oxygens (including phenoxy) is 2. The molecule has 0 heterocycles. The predicted molar refractivity (Wildman–Crippen MR) is 88.6 cm³/mol. The molecule has 0 aliphatic carbocycles. The van der Waals surface area contributed by atoms with Gasteiger partial charge in [0.05, 0.1) is 5.56 Å². The van der Waals surface area contributed by atoms with Crippen molar-refractivity contribution in [2.45, 2.75) is 0 Å². The zero-order chi connectivity index (χ0) is 18.9. The Hall–Kier alpha value is -3.62. The number of para-hydroxylation sites is 2. The first-order valence-corrected chi connectivity index (χ1v) is 7.44. The second-order valence-electron chi connectivity index (χ2n) is 4.96. The molecule has 0 spiro atoms.